The van der Waals surface area contributed by atoms with Gasteiger partial charge in [-0.1, -0.05) is 0 Å². The van der Waals surface area contributed by atoms with Crippen LogP contribution in [0, 0.1) is 0 Å². The van der Waals surface area contributed by atoms with Crippen LogP contribution < -0.4 is 5.32 Å². The summed E-state index contributed by atoms with van der Waals surface area (Å²) in [6.07, 6.45) is -4.05. The van der Waals surface area contributed by atoms with Crippen LogP contribution in [0.25, 0.3) is 0 Å². The summed E-state index contributed by atoms with van der Waals surface area (Å²) < 4.78 is 12.6. The molecule has 1 fully saturated rings. The number of piperidine rings is 1. The van der Waals surface area contributed by atoms with Gasteiger partial charge in [-0.15, -0.1) is 0 Å². The molecular weight excluding hydrogens is 153 g/mol. The number of aliphatic hydroxyl groups excluding tert-OH is 3. The van der Waals surface area contributed by atoms with Crippen molar-refractivity contribution in [2.24, 2.45) is 0 Å². The average Bonchev–Trinajstić information content (AvgIpc) is 2.01. The zero-order valence-corrected chi connectivity index (χ0v) is 5.94. The molecule has 11 heavy (non-hydrogen) atoms. The van der Waals surface area contributed by atoms with Crippen molar-refractivity contribution >= 4 is 0 Å². The van der Waals surface area contributed by atoms with E-state index in [0.717, 1.165) is 0 Å². The molecule has 1 aliphatic rings. The maximum absolute atomic E-state index is 12.6. The Hall–Kier alpha value is -0.230. The van der Waals surface area contributed by atoms with Gasteiger partial charge >= 0.3 is 0 Å². The van der Waals surface area contributed by atoms with Crippen LogP contribution in [0.2, 0.25) is 0 Å². The molecule has 5 heteroatoms. The second-order valence-corrected chi connectivity index (χ2v) is 2.69. The highest BCUT2D eigenvalue weighted by atomic mass is 19.1. The van der Waals surface area contributed by atoms with Gasteiger partial charge in [0, 0.05) is 6.54 Å². The number of rotatable bonds is 1. The fourth-order valence-corrected chi connectivity index (χ4v) is 1.13. The molecule has 0 unspecified atom stereocenters. The van der Waals surface area contributed by atoms with Crippen LogP contribution in [-0.2, 0) is 0 Å². The zero-order chi connectivity index (χ0) is 8.43. The lowest BCUT2D eigenvalue weighted by Crippen LogP contribution is -2.59. The summed E-state index contributed by atoms with van der Waals surface area (Å²) in [6.45, 7) is -0.325. The minimum atomic E-state index is -1.45. The van der Waals surface area contributed by atoms with E-state index in [1.54, 1.807) is 0 Å². The first-order valence-corrected chi connectivity index (χ1v) is 3.51. The number of hydrogen-bond acceptors (Lipinski definition) is 4. The monoisotopic (exact) mass is 165 g/mol. The lowest BCUT2D eigenvalue weighted by molar-refractivity contribution is -0.0762. The molecule has 4 atom stereocenters. The predicted molar refractivity (Wildman–Crippen MR) is 35.8 cm³/mol. The Balaban J connectivity index is 2.52. The van der Waals surface area contributed by atoms with Gasteiger partial charge in [0.2, 0.25) is 0 Å². The van der Waals surface area contributed by atoms with Crippen molar-refractivity contribution in [3.05, 3.63) is 0 Å². The minimum absolute atomic E-state index is 0.0244. The quantitative estimate of drug-likeness (QED) is 0.363. The fraction of sp³-hybridized carbons (Fsp3) is 1.00. The molecule has 0 bridgehead atoms. The molecule has 0 aliphatic carbocycles. The van der Waals surface area contributed by atoms with Crippen molar-refractivity contribution in [1.82, 2.24) is 5.32 Å². The van der Waals surface area contributed by atoms with Crippen LogP contribution in [0.3, 0.4) is 0 Å². The summed E-state index contributed by atoms with van der Waals surface area (Å²) in [7, 11) is 0. The molecule has 4 N–H and O–H groups in total. The topological polar surface area (TPSA) is 72.7 Å². The largest absolute Gasteiger partial charge is 0.395 e. The Morgan fingerprint density at radius 2 is 2.00 bits per heavy atom. The van der Waals surface area contributed by atoms with E-state index in [9.17, 15) is 4.39 Å². The van der Waals surface area contributed by atoms with Gasteiger partial charge < -0.3 is 20.6 Å². The lowest BCUT2D eigenvalue weighted by atomic mass is 9.98. The van der Waals surface area contributed by atoms with Crippen molar-refractivity contribution in [2.75, 3.05) is 13.2 Å². The van der Waals surface area contributed by atoms with Gasteiger partial charge in [-0.25, -0.2) is 4.39 Å². The highest BCUT2D eigenvalue weighted by molar-refractivity contribution is 4.91. The van der Waals surface area contributed by atoms with Crippen LogP contribution >= 0.6 is 0 Å². The molecule has 1 rings (SSSR count). The van der Waals surface area contributed by atoms with Crippen molar-refractivity contribution in [2.45, 2.75) is 24.4 Å². The summed E-state index contributed by atoms with van der Waals surface area (Å²) in [5.41, 5.74) is 0. The SMILES string of the molecule is OC[C@H]1NC[C@H](F)[C@@H](O)[C@H]1O. The minimum Gasteiger partial charge on any atom is -0.395 e. The van der Waals surface area contributed by atoms with E-state index in [-0.39, 0.29) is 13.2 Å². The highest BCUT2D eigenvalue weighted by Gasteiger charge is 2.36. The highest BCUT2D eigenvalue weighted by Crippen LogP contribution is 2.12. The van der Waals surface area contributed by atoms with Crippen molar-refractivity contribution in [3.8, 4) is 0 Å². The Kier molecular flexibility index (Phi) is 2.78. The first-order chi connectivity index (χ1) is 5.16. The first kappa shape index (κ1) is 8.86. The first-order valence-electron chi connectivity index (χ1n) is 3.51. The van der Waals surface area contributed by atoms with E-state index >= 15 is 0 Å². The number of aliphatic hydroxyl groups is 3. The zero-order valence-electron chi connectivity index (χ0n) is 5.94. The average molecular weight is 165 g/mol. The molecule has 0 amide bonds. The summed E-state index contributed by atoms with van der Waals surface area (Å²) in [4.78, 5) is 0. The van der Waals surface area contributed by atoms with Crippen LogP contribution in [-0.4, -0.2) is 52.9 Å². The maximum atomic E-state index is 12.6. The van der Waals surface area contributed by atoms with Crippen molar-refractivity contribution < 1.29 is 19.7 Å². The third-order valence-corrected chi connectivity index (χ3v) is 1.90. The Bertz CT molecular complexity index is 133. The molecule has 1 heterocycles. The van der Waals surface area contributed by atoms with Gasteiger partial charge in [0.05, 0.1) is 12.6 Å². The van der Waals surface area contributed by atoms with E-state index in [0.29, 0.717) is 0 Å². The van der Waals surface area contributed by atoms with Crippen molar-refractivity contribution in [1.29, 1.82) is 0 Å². The Morgan fingerprint density at radius 3 is 2.55 bits per heavy atom. The molecule has 1 aliphatic heterocycles. The van der Waals surface area contributed by atoms with Crippen LogP contribution in [0.1, 0.15) is 0 Å². The number of hydrogen-bond donors (Lipinski definition) is 4. The normalized spacial score (nSPS) is 45.8. The second-order valence-electron chi connectivity index (χ2n) is 2.69. The van der Waals surface area contributed by atoms with E-state index < -0.39 is 24.4 Å². The standard InChI is InChI=1S/C6H12FNO3/c7-3-1-8-4(2-9)6(11)5(3)10/h3-6,8-11H,1-2H2/t3-,4+,5+,6-/m0/s1. The summed E-state index contributed by atoms with van der Waals surface area (Å²) in [6, 6.07) is -0.614. The van der Waals surface area contributed by atoms with Gasteiger partial charge in [-0.2, -0.15) is 0 Å². The second kappa shape index (κ2) is 3.44. The molecule has 0 aromatic rings. The summed E-state index contributed by atoms with van der Waals surface area (Å²) in [5.74, 6) is 0. The van der Waals surface area contributed by atoms with E-state index in [2.05, 4.69) is 5.32 Å². The van der Waals surface area contributed by atoms with Crippen LogP contribution in [0.4, 0.5) is 4.39 Å². The van der Waals surface area contributed by atoms with Gasteiger partial charge in [0.25, 0.3) is 0 Å². The smallest absolute Gasteiger partial charge is 0.141 e. The molecule has 4 nitrogen and oxygen atoms in total. The predicted octanol–water partition coefficient (Wildman–Crippen LogP) is -1.99. The van der Waals surface area contributed by atoms with Crippen LogP contribution in [0.15, 0.2) is 0 Å². The molecular formula is C6H12FNO3. The van der Waals surface area contributed by atoms with Gasteiger partial charge in [0.15, 0.2) is 0 Å². The molecule has 0 saturated carbocycles. The molecule has 66 valence electrons. The van der Waals surface area contributed by atoms with E-state index in [4.69, 9.17) is 15.3 Å². The number of nitrogens with one attached hydrogen (secondary N) is 1. The summed E-state index contributed by atoms with van der Waals surface area (Å²) in [5, 5.41) is 29.2. The Morgan fingerprint density at radius 1 is 1.36 bits per heavy atom. The fourth-order valence-electron chi connectivity index (χ4n) is 1.13. The van der Waals surface area contributed by atoms with Crippen molar-refractivity contribution in [3.63, 3.8) is 0 Å². The molecule has 1 saturated heterocycles. The molecule has 0 spiro atoms. The van der Waals surface area contributed by atoms with Gasteiger partial charge in [-0.05, 0) is 0 Å². The molecule has 0 radical (unpaired) electrons. The third-order valence-electron chi connectivity index (χ3n) is 1.90. The maximum Gasteiger partial charge on any atom is 0.141 e. The van der Waals surface area contributed by atoms with E-state index in [1.807, 2.05) is 0 Å². The third kappa shape index (κ3) is 1.67. The lowest BCUT2D eigenvalue weighted by Gasteiger charge is -2.33. The summed E-state index contributed by atoms with van der Waals surface area (Å²) >= 11 is 0. The number of halogens is 1. The molecule has 0 aromatic carbocycles. The molecule has 0 aromatic heterocycles. The van der Waals surface area contributed by atoms with Crippen LogP contribution in [0.5, 0.6) is 0 Å². The Labute approximate surface area is 63.7 Å². The van der Waals surface area contributed by atoms with Gasteiger partial charge in [0.1, 0.15) is 18.4 Å². The number of alkyl halides is 1. The van der Waals surface area contributed by atoms with E-state index in [1.165, 1.54) is 0 Å². The van der Waals surface area contributed by atoms with Gasteiger partial charge in [-0.3, -0.25) is 0 Å².